The van der Waals surface area contributed by atoms with E-state index in [2.05, 4.69) is 15.5 Å². The van der Waals surface area contributed by atoms with Gasteiger partial charge in [0, 0.05) is 26.7 Å². The number of hydrogen-bond donors (Lipinski definition) is 3. The summed E-state index contributed by atoms with van der Waals surface area (Å²) >= 11 is 0. The summed E-state index contributed by atoms with van der Waals surface area (Å²) in [5, 5.41) is 8.47. The molecule has 1 heterocycles. The van der Waals surface area contributed by atoms with Crippen LogP contribution < -0.4 is 11.1 Å². The van der Waals surface area contributed by atoms with E-state index in [9.17, 15) is 13.2 Å². The molecule has 1 rings (SSSR count). The fourth-order valence-electron chi connectivity index (χ4n) is 1.02. The Hall–Kier alpha value is -1.61. The summed E-state index contributed by atoms with van der Waals surface area (Å²) in [7, 11) is -0.428. The minimum Gasteiger partial charge on any atom is -0.382 e. The van der Waals surface area contributed by atoms with Gasteiger partial charge in [-0.2, -0.15) is 5.10 Å². The van der Waals surface area contributed by atoms with E-state index in [1.165, 1.54) is 20.2 Å². The van der Waals surface area contributed by atoms with Gasteiger partial charge in [-0.05, 0) is 0 Å². The molecule has 0 saturated heterocycles. The van der Waals surface area contributed by atoms with Crippen LogP contribution in [0.3, 0.4) is 0 Å². The number of nitrogen functional groups attached to an aromatic ring is 1. The molecule has 96 valence electrons. The number of sulfonamides is 1. The summed E-state index contributed by atoms with van der Waals surface area (Å²) < 4.78 is 23.9. The Labute approximate surface area is 99.2 Å². The molecule has 0 spiro atoms. The Morgan fingerprint density at radius 2 is 2.24 bits per heavy atom. The molecule has 0 aliphatic carbocycles. The molecule has 0 unspecified atom stereocenters. The van der Waals surface area contributed by atoms with Gasteiger partial charge in [0.1, 0.15) is 11.5 Å². The Kier molecular flexibility index (Phi) is 4.07. The van der Waals surface area contributed by atoms with Crippen molar-refractivity contribution in [2.45, 2.75) is 0 Å². The number of amides is 1. The maximum Gasteiger partial charge on any atom is 0.269 e. The first kappa shape index (κ1) is 13.5. The second-order valence-electron chi connectivity index (χ2n) is 3.56. The second-order valence-corrected chi connectivity index (χ2v) is 5.86. The van der Waals surface area contributed by atoms with Crippen LogP contribution in [-0.2, 0) is 10.0 Å². The minimum absolute atomic E-state index is 0.0261. The molecule has 0 atom stereocenters. The summed E-state index contributed by atoms with van der Waals surface area (Å²) in [6.45, 7) is 0.0261. The maximum atomic E-state index is 11.5. The quantitative estimate of drug-likeness (QED) is 0.602. The van der Waals surface area contributed by atoms with Crippen molar-refractivity contribution in [3.8, 4) is 0 Å². The van der Waals surface area contributed by atoms with E-state index in [4.69, 9.17) is 5.73 Å². The summed E-state index contributed by atoms with van der Waals surface area (Å²) in [6.07, 6.45) is 0. The first-order chi connectivity index (χ1) is 7.83. The average Bonchev–Trinajstić information content (AvgIpc) is 2.64. The summed E-state index contributed by atoms with van der Waals surface area (Å²) in [6, 6.07) is 1.37. The molecule has 0 fully saturated rings. The van der Waals surface area contributed by atoms with Crippen molar-refractivity contribution in [1.82, 2.24) is 19.8 Å². The lowest BCUT2D eigenvalue weighted by Crippen LogP contribution is -2.34. The van der Waals surface area contributed by atoms with Crippen molar-refractivity contribution in [3.63, 3.8) is 0 Å². The highest BCUT2D eigenvalue weighted by molar-refractivity contribution is 7.89. The number of nitrogens with one attached hydrogen (secondary N) is 2. The van der Waals surface area contributed by atoms with Crippen LogP contribution in [0.5, 0.6) is 0 Å². The van der Waals surface area contributed by atoms with Crippen molar-refractivity contribution < 1.29 is 13.2 Å². The molecular weight excluding hydrogens is 246 g/mol. The van der Waals surface area contributed by atoms with Gasteiger partial charge < -0.3 is 11.1 Å². The SMILES string of the molecule is CN(C)S(=O)(=O)CCNC(=O)c1cc(N)n[nH]1. The Balaban J connectivity index is 2.45. The van der Waals surface area contributed by atoms with Crippen molar-refractivity contribution >= 4 is 21.7 Å². The van der Waals surface area contributed by atoms with Crippen LogP contribution in [-0.4, -0.2) is 55.2 Å². The lowest BCUT2D eigenvalue weighted by Gasteiger charge is -2.11. The third-order valence-electron chi connectivity index (χ3n) is 2.04. The molecule has 0 aliphatic heterocycles. The van der Waals surface area contributed by atoms with E-state index in [1.54, 1.807) is 0 Å². The first-order valence-corrected chi connectivity index (χ1v) is 6.43. The molecule has 4 N–H and O–H groups in total. The molecule has 0 bridgehead atoms. The first-order valence-electron chi connectivity index (χ1n) is 4.82. The number of nitrogens with two attached hydrogens (primary N) is 1. The summed E-state index contributed by atoms with van der Waals surface area (Å²) in [5.74, 6) is -0.394. The van der Waals surface area contributed by atoms with Gasteiger partial charge in [-0.1, -0.05) is 0 Å². The van der Waals surface area contributed by atoms with Crippen LogP contribution in [0.4, 0.5) is 5.82 Å². The molecule has 1 amide bonds. The van der Waals surface area contributed by atoms with Crippen molar-refractivity contribution in [3.05, 3.63) is 11.8 Å². The Morgan fingerprint density at radius 1 is 1.59 bits per heavy atom. The molecule has 9 heteroatoms. The molecule has 0 aliphatic rings. The number of anilines is 1. The third-order valence-corrected chi connectivity index (χ3v) is 3.88. The zero-order valence-electron chi connectivity index (χ0n) is 9.60. The van der Waals surface area contributed by atoms with Gasteiger partial charge in [0.25, 0.3) is 5.91 Å². The topological polar surface area (TPSA) is 121 Å². The molecule has 0 radical (unpaired) electrons. The molecular formula is C8H15N5O3S. The lowest BCUT2D eigenvalue weighted by atomic mass is 10.4. The van der Waals surface area contributed by atoms with E-state index in [-0.39, 0.29) is 23.8 Å². The number of aromatic nitrogens is 2. The predicted molar refractivity (Wildman–Crippen MR) is 62.8 cm³/mol. The molecule has 1 aromatic rings. The van der Waals surface area contributed by atoms with Gasteiger partial charge in [-0.3, -0.25) is 9.89 Å². The van der Waals surface area contributed by atoms with Gasteiger partial charge in [-0.15, -0.1) is 0 Å². The molecule has 0 aromatic carbocycles. The number of nitrogens with zero attached hydrogens (tertiary/aromatic N) is 2. The summed E-state index contributed by atoms with van der Waals surface area (Å²) in [5.41, 5.74) is 5.53. The van der Waals surface area contributed by atoms with Crippen LogP contribution in [0.25, 0.3) is 0 Å². The van der Waals surface area contributed by atoms with Crippen LogP contribution in [0.2, 0.25) is 0 Å². The van der Waals surface area contributed by atoms with Crippen molar-refractivity contribution in [1.29, 1.82) is 0 Å². The smallest absolute Gasteiger partial charge is 0.269 e. The van der Waals surface area contributed by atoms with Crippen molar-refractivity contribution in [2.75, 3.05) is 32.1 Å². The van der Waals surface area contributed by atoms with Crippen LogP contribution in [0.1, 0.15) is 10.5 Å². The fourth-order valence-corrected chi connectivity index (χ4v) is 1.75. The Morgan fingerprint density at radius 3 is 2.71 bits per heavy atom. The largest absolute Gasteiger partial charge is 0.382 e. The molecule has 17 heavy (non-hydrogen) atoms. The number of H-pyrrole nitrogens is 1. The zero-order valence-corrected chi connectivity index (χ0v) is 10.4. The highest BCUT2D eigenvalue weighted by atomic mass is 32.2. The monoisotopic (exact) mass is 261 g/mol. The number of carbonyl (C=O) groups excluding carboxylic acids is 1. The van der Waals surface area contributed by atoms with Crippen LogP contribution >= 0.6 is 0 Å². The van der Waals surface area contributed by atoms with Crippen molar-refractivity contribution in [2.24, 2.45) is 0 Å². The predicted octanol–water partition coefficient (Wildman–Crippen LogP) is -1.39. The highest BCUT2D eigenvalue weighted by Gasteiger charge is 2.14. The highest BCUT2D eigenvalue weighted by Crippen LogP contribution is 1.99. The Bertz CT molecular complexity index is 493. The zero-order chi connectivity index (χ0) is 13.1. The van der Waals surface area contributed by atoms with E-state index < -0.39 is 15.9 Å². The van der Waals surface area contributed by atoms with E-state index in [0.717, 1.165) is 4.31 Å². The number of rotatable bonds is 5. The minimum atomic E-state index is -3.30. The lowest BCUT2D eigenvalue weighted by molar-refractivity contribution is 0.0951. The second kappa shape index (κ2) is 5.15. The maximum absolute atomic E-state index is 11.5. The standard InChI is InChI=1S/C8H15N5O3S/c1-13(2)17(15,16)4-3-10-8(14)6-5-7(9)12-11-6/h5H,3-4H2,1-2H3,(H,10,14)(H3,9,11,12). The van der Waals surface area contributed by atoms with E-state index in [1.807, 2.05) is 0 Å². The summed E-state index contributed by atoms with van der Waals surface area (Å²) in [4.78, 5) is 11.5. The van der Waals surface area contributed by atoms with Crippen LogP contribution in [0.15, 0.2) is 6.07 Å². The van der Waals surface area contributed by atoms with Crippen LogP contribution in [0, 0.1) is 0 Å². The van der Waals surface area contributed by atoms with E-state index in [0.29, 0.717) is 0 Å². The number of carbonyl (C=O) groups is 1. The van der Waals surface area contributed by atoms with Gasteiger partial charge >= 0.3 is 0 Å². The van der Waals surface area contributed by atoms with Gasteiger partial charge in [-0.25, -0.2) is 12.7 Å². The third kappa shape index (κ3) is 3.71. The normalized spacial score (nSPS) is 11.7. The van der Waals surface area contributed by atoms with E-state index >= 15 is 0 Å². The fraction of sp³-hybridized carbons (Fsp3) is 0.500. The molecule has 0 saturated carbocycles. The molecule has 1 aromatic heterocycles. The van der Waals surface area contributed by atoms with Gasteiger partial charge in [0.05, 0.1) is 5.75 Å². The van der Waals surface area contributed by atoms with Gasteiger partial charge in [0.2, 0.25) is 10.0 Å². The van der Waals surface area contributed by atoms with Gasteiger partial charge in [0.15, 0.2) is 0 Å². The average molecular weight is 261 g/mol. The number of hydrogen-bond acceptors (Lipinski definition) is 5. The molecule has 8 nitrogen and oxygen atoms in total. The number of aromatic amines is 1.